The molecule has 1 aromatic rings. The quantitative estimate of drug-likeness (QED) is 0.0321. The van der Waals surface area contributed by atoms with Crippen molar-refractivity contribution in [2.45, 2.75) is 189 Å². The van der Waals surface area contributed by atoms with Gasteiger partial charge in [0.25, 0.3) is 14.1 Å². The number of aromatic nitrogens is 2. The van der Waals surface area contributed by atoms with Crippen LogP contribution in [0.15, 0.2) is 27.9 Å². The van der Waals surface area contributed by atoms with Crippen molar-refractivity contribution >= 4 is 28.9 Å². The molecular weight excluding hydrogens is 816 g/mol. The number of H-pyrrole nitrogens is 1. The fourth-order valence-electron chi connectivity index (χ4n) is 7.95. The third-order valence-electron chi connectivity index (χ3n) is 11.5. The van der Waals surface area contributed by atoms with Crippen LogP contribution < -0.4 is 21.9 Å². The van der Waals surface area contributed by atoms with Crippen molar-refractivity contribution in [1.29, 1.82) is 5.26 Å². The highest BCUT2D eigenvalue weighted by molar-refractivity contribution is 7.44. The lowest BCUT2D eigenvalue weighted by atomic mass is 9.91. The van der Waals surface area contributed by atoms with Gasteiger partial charge in [0.2, 0.25) is 11.8 Å². The molecule has 0 aliphatic carbocycles. The van der Waals surface area contributed by atoms with Crippen molar-refractivity contribution in [1.82, 2.24) is 24.9 Å². The lowest BCUT2D eigenvalue weighted by Gasteiger charge is -2.46. The van der Waals surface area contributed by atoms with Gasteiger partial charge in [-0.05, 0) is 90.1 Å². The van der Waals surface area contributed by atoms with E-state index in [2.05, 4.69) is 116 Å². The molecule has 15 nitrogen and oxygen atoms in total. The molecule has 0 spiro atoms. The molecule has 2 rings (SSSR count). The first-order valence-electron chi connectivity index (χ1n) is 22.3. The number of aryl methyl sites for hydroxylation is 1. The Kier molecular flexibility index (Phi) is 22.8. The van der Waals surface area contributed by atoms with Crippen molar-refractivity contribution in [3.8, 4) is 6.07 Å². The molecule has 2 amide bonds. The molecule has 3 N–H and O–H groups in total. The van der Waals surface area contributed by atoms with Crippen LogP contribution in [-0.2, 0) is 32.2 Å². The highest BCUT2D eigenvalue weighted by Crippen LogP contribution is 2.50. The fourth-order valence-corrected chi connectivity index (χ4v) is 13.7. The smallest absolute Gasteiger partial charge is 0.343 e. The number of amides is 2. The minimum absolute atomic E-state index is 0.0201. The monoisotopic (exact) mass is 895 g/mol. The maximum atomic E-state index is 13.3. The summed E-state index contributed by atoms with van der Waals surface area (Å²) >= 11 is 0. The highest BCUT2D eigenvalue weighted by Gasteiger charge is 2.52. The Morgan fingerprint density at radius 2 is 1.64 bits per heavy atom. The standard InChI is InChI=1S/C44H79N6O9PSi/c1-16-44(17-2,20-19-39(51)46-25-34(13)23-35(14)26-47-41(52)29(3)4)59-61(32(9)10,33(11)12)56-28-38-37(24-40(57-38)49-27-36(15)42(53)48-43(49)54)58-60(55-22-18-21-45)50(30(5)6)31(7)8/h27,30-35,37-38,40H,3,16-20,22-26,28H2,1-2,4-15H3,(H,46,51)(H,47,52)(H,48,53,54). The van der Waals surface area contributed by atoms with E-state index in [4.69, 9.17) is 22.6 Å². The summed E-state index contributed by atoms with van der Waals surface area (Å²) in [6.07, 6.45) is 3.08. The summed E-state index contributed by atoms with van der Waals surface area (Å²) in [4.78, 5) is 53.1. The Morgan fingerprint density at radius 1 is 1.05 bits per heavy atom. The molecule has 6 atom stereocenters. The number of ether oxygens (including phenoxy) is 1. The van der Waals surface area contributed by atoms with Gasteiger partial charge in [-0.15, -0.1) is 0 Å². The summed E-state index contributed by atoms with van der Waals surface area (Å²) in [5, 5.41) is 15.3. The number of hydrogen-bond donors (Lipinski definition) is 3. The first-order chi connectivity index (χ1) is 28.6. The number of carbonyl (C=O) groups is 2. The van der Waals surface area contributed by atoms with Crippen molar-refractivity contribution < 1.29 is 32.2 Å². The van der Waals surface area contributed by atoms with Gasteiger partial charge in [-0.3, -0.25) is 23.9 Å². The normalized spacial score (nSPS) is 18.8. The lowest BCUT2D eigenvalue weighted by molar-refractivity contribution is -0.123. The number of carbonyl (C=O) groups excluding carboxylic acids is 2. The van der Waals surface area contributed by atoms with Crippen LogP contribution in [0.5, 0.6) is 0 Å². The fraction of sp³-hybridized carbons (Fsp3) is 0.795. The number of rotatable bonds is 28. The zero-order valence-corrected chi connectivity index (χ0v) is 41.6. The van der Waals surface area contributed by atoms with Gasteiger partial charge in [-0.25, -0.2) is 9.46 Å². The van der Waals surface area contributed by atoms with E-state index in [9.17, 15) is 24.4 Å². The second kappa shape index (κ2) is 25.5. The Labute approximate surface area is 368 Å². The van der Waals surface area contributed by atoms with E-state index < -0.39 is 52.4 Å². The topological polar surface area (TPSA) is 186 Å². The number of hydrogen-bond acceptors (Lipinski definition) is 11. The van der Waals surface area contributed by atoms with Gasteiger partial charge in [0.1, 0.15) is 12.3 Å². The van der Waals surface area contributed by atoms with Crippen molar-refractivity contribution in [3.63, 3.8) is 0 Å². The average Bonchev–Trinajstić information content (AvgIpc) is 3.58. The number of nitriles is 1. The molecular formula is C44H79N6O9PSi. The molecule has 17 heteroatoms. The van der Waals surface area contributed by atoms with E-state index in [-0.39, 0.29) is 72.9 Å². The van der Waals surface area contributed by atoms with Gasteiger partial charge < -0.3 is 33.3 Å². The minimum atomic E-state index is -3.12. The van der Waals surface area contributed by atoms with Gasteiger partial charge in [-0.2, -0.15) is 5.26 Å². The summed E-state index contributed by atoms with van der Waals surface area (Å²) in [6, 6.07) is 2.29. The number of nitrogens with one attached hydrogen (secondary N) is 3. The van der Waals surface area contributed by atoms with Gasteiger partial charge >= 0.3 is 14.3 Å². The zero-order chi connectivity index (χ0) is 46.2. The molecule has 1 fully saturated rings. The first-order valence-corrected chi connectivity index (χ1v) is 25.4. The Morgan fingerprint density at radius 3 is 2.16 bits per heavy atom. The van der Waals surface area contributed by atoms with E-state index in [1.165, 1.54) is 10.8 Å². The second-order valence-electron chi connectivity index (χ2n) is 18.1. The molecule has 0 bridgehead atoms. The van der Waals surface area contributed by atoms with E-state index in [0.29, 0.717) is 49.9 Å². The Hall–Kier alpha value is -2.74. The summed E-state index contributed by atoms with van der Waals surface area (Å²) in [6.45, 7) is 33.6. The van der Waals surface area contributed by atoms with Crippen LogP contribution in [0.1, 0.15) is 147 Å². The van der Waals surface area contributed by atoms with Crippen LogP contribution in [0, 0.1) is 30.1 Å². The molecule has 61 heavy (non-hydrogen) atoms. The van der Waals surface area contributed by atoms with Gasteiger partial charge in [-0.1, -0.05) is 62.0 Å². The van der Waals surface area contributed by atoms with Gasteiger partial charge in [0.05, 0.1) is 37.4 Å². The van der Waals surface area contributed by atoms with Crippen molar-refractivity contribution in [3.05, 3.63) is 44.8 Å². The van der Waals surface area contributed by atoms with Crippen LogP contribution in [0.3, 0.4) is 0 Å². The van der Waals surface area contributed by atoms with Crippen LogP contribution in [0.4, 0.5) is 0 Å². The van der Waals surface area contributed by atoms with E-state index in [0.717, 1.165) is 6.42 Å². The summed E-state index contributed by atoms with van der Waals surface area (Å²) in [7, 11) is -4.77. The number of aromatic amines is 1. The summed E-state index contributed by atoms with van der Waals surface area (Å²) in [5.74, 6) is 0.303. The SMILES string of the molecule is C=C(C)C(=O)NCC(C)CC(C)CNC(=O)CCC(CC)(CC)O[Si](OCC1OC(n2cc(C)c(=O)[nH]c2=O)CC1OP(OCCC#N)N(C(C)C)C(C)C)(C(C)C)C(C)C. The average molecular weight is 895 g/mol. The molecule has 0 aromatic carbocycles. The second-order valence-corrected chi connectivity index (χ2v) is 23.8. The Bertz CT molecular complexity index is 1690. The third-order valence-corrected chi connectivity index (χ3v) is 18.3. The largest absolute Gasteiger partial charge is 0.391 e. The molecule has 0 saturated carbocycles. The molecule has 0 radical (unpaired) electrons. The van der Waals surface area contributed by atoms with Crippen LogP contribution in [-0.4, -0.2) is 90.8 Å². The zero-order valence-electron chi connectivity index (χ0n) is 39.7. The lowest BCUT2D eigenvalue weighted by Crippen LogP contribution is -2.56. The van der Waals surface area contributed by atoms with Gasteiger partial charge in [0, 0.05) is 55.3 Å². The molecule has 1 aromatic heterocycles. The van der Waals surface area contributed by atoms with E-state index in [1.807, 2.05) is 0 Å². The molecule has 1 saturated heterocycles. The predicted octanol–water partition coefficient (Wildman–Crippen LogP) is 7.90. The minimum Gasteiger partial charge on any atom is -0.391 e. The molecule has 1 aliphatic heterocycles. The van der Waals surface area contributed by atoms with Crippen molar-refractivity contribution in [2.75, 3.05) is 26.3 Å². The molecule has 348 valence electrons. The van der Waals surface area contributed by atoms with Crippen LogP contribution in [0.2, 0.25) is 11.1 Å². The summed E-state index contributed by atoms with van der Waals surface area (Å²) in [5.41, 5.74) is -0.752. The predicted molar refractivity (Wildman–Crippen MR) is 244 cm³/mol. The first kappa shape index (κ1) is 54.4. The van der Waals surface area contributed by atoms with E-state index in [1.54, 1.807) is 13.8 Å². The van der Waals surface area contributed by atoms with Crippen LogP contribution >= 0.6 is 8.53 Å². The molecule has 2 heterocycles. The number of nitrogens with zero attached hydrogens (tertiary/aromatic N) is 3. The highest BCUT2D eigenvalue weighted by atomic mass is 31.2. The van der Waals surface area contributed by atoms with E-state index >= 15 is 0 Å². The van der Waals surface area contributed by atoms with Crippen LogP contribution in [0.25, 0.3) is 0 Å². The molecule has 1 aliphatic rings. The third kappa shape index (κ3) is 16.1. The maximum absolute atomic E-state index is 13.3. The van der Waals surface area contributed by atoms with Gasteiger partial charge in [0.15, 0.2) is 0 Å². The Balaban J connectivity index is 2.37. The summed E-state index contributed by atoms with van der Waals surface area (Å²) < 4.78 is 37.9. The molecule has 6 unspecified atom stereocenters. The maximum Gasteiger partial charge on any atom is 0.343 e. The van der Waals surface area contributed by atoms with Crippen molar-refractivity contribution in [2.24, 2.45) is 11.8 Å².